The lowest BCUT2D eigenvalue weighted by molar-refractivity contribution is -0.117. The van der Waals surface area contributed by atoms with Crippen molar-refractivity contribution in [3.05, 3.63) is 29.6 Å². The van der Waals surface area contributed by atoms with Crippen LogP contribution in [0, 0.1) is 5.82 Å². The largest absolute Gasteiger partial charge is 0.323 e. The van der Waals surface area contributed by atoms with Gasteiger partial charge in [-0.3, -0.25) is 4.79 Å². The molecule has 1 aliphatic heterocycles. The molecule has 0 aliphatic carbocycles. The summed E-state index contributed by atoms with van der Waals surface area (Å²) in [5.41, 5.74) is 1.15. The summed E-state index contributed by atoms with van der Waals surface area (Å²) in [6.07, 6.45) is 0.711. The topological polar surface area (TPSA) is 29.1 Å². The Balaban J connectivity index is 2.54. The van der Waals surface area contributed by atoms with E-state index in [1.54, 1.807) is 12.1 Å². The Morgan fingerprint density at radius 3 is 3.00 bits per heavy atom. The Kier molecular flexibility index (Phi) is 1.79. The van der Waals surface area contributed by atoms with Crippen molar-refractivity contribution in [2.75, 3.05) is 5.32 Å². The summed E-state index contributed by atoms with van der Waals surface area (Å²) in [6, 6.07) is 4.79. The number of fused-ring (bicyclic) bond motifs is 1. The minimum atomic E-state index is -0.346. The van der Waals surface area contributed by atoms with E-state index in [4.69, 9.17) is 0 Å². The van der Waals surface area contributed by atoms with Crippen molar-refractivity contribution in [2.24, 2.45) is 0 Å². The number of benzene rings is 1. The smallest absolute Gasteiger partial charge is 0.232 e. The third-order valence-corrected chi connectivity index (χ3v) is 2.39. The monoisotopic (exact) mass is 179 g/mol. The highest BCUT2D eigenvalue weighted by molar-refractivity contribution is 6.02. The molecular weight excluding hydrogens is 169 g/mol. The maximum atomic E-state index is 13.2. The molecule has 1 aromatic rings. The van der Waals surface area contributed by atoms with E-state index in [-0.39, 0.29) is 17.6 Å². The van der Waals surface area contributed by atoms with Crippen LogP contribution in [-0.2, 0) is 4.79 Å². The van der Waals surface area contributed by atoms with E-state index in [9.17, 15) is 9.18 Å². The number of hydrogen-bond donors (Lipinski definition) is 1. The first-order valence-corrected chi connectivity index (χ1v) is 4.33. The van der Waals surface area contributed by atoms with Crippen molar-refractivity contribution in [3.8, 4) is 0 Å². The molecule has 3 heteroatoms. The van der Waals surface area contributed by atoms with Gasteiger partial charge in [0.2, 0.25) is 5.91 Å². The van der Waals surface area contributed by atoms with Crippen LogP contribution in [0.5, 0.6) is 0 Å². The van der Waals surface area contributed by atoms with Gasteiger partial charge < -0.3 is 5.32 Å². The van der Waals surface area contributed by atoms with E-state index in [2.05, 4.69) is 5.32 Å². The third-order valence-electron chi connectivity index (χ3n) is 2.39. The highest BCUT2D eigenvalue weighted by atomic mass is 19.1. The maximum Gasteiger partial charge on any atom is 0.232 e. The highest BCUT2D eigenvalue weighted by Gasteiger charge is 2.30. The Hall–Kier alpha value is -1.38. The van der Waals surface area contributed by atoms with Crippen molar-refractivity contribution in [1.29, 1.82) is 0 Å². The Bertz CT molecular complexity index is 362. The van der Waals surface area contributed by atoms with Gasteiger partial charge in [0.1, 0.15) is 5.82 Å². The molecule has 0 bridgehead atoms. The van der Waals surface area contributed by atoms with Crippen molar-refractivity contribution < 1.29 is 9.18 Å². The van der Waals surface area contributed by atoms with Crippen LogP contribution in [0.2, 0.25) is 0 Å². The van der Waals surface area contributed by atoms with Crippen LogP contribution < -0.4 is 5.32 Å². The Morgan fingerprint density at radius 1 is 1.54 bits per heavy atom. The van der Waals surface area contributed by atoms with E-state index in [0.717, 1.165) is 5.56 Å². The van der Waals surface area contributed by atoms with E-state index in [0.29, 0.717) is 12.1 Å². The first-order chi connectivity index (χ1) is 6.24. The van der Waals surface area contributed by atoms with Crippen LogP contribution in [0.25, 0.3) is 0 Å². The standard InChI is InChI=1S/C10H10FNO/c1-2-6-7-4-3-5-8(11)9(7)12-10(6)13/h3-6H,2H2,1H3,(H,12,13). The van der Waals surface area contributed by atoms with Crippen LogP contribution in [0.15, 0.2) is 18.2 Å². The van der Waals surface area contributed by atoms with Gasteiger partial charge in [0, 0.05) is 0 Å². The summed E-state index contributed by atoms with van der Waals surface area (Å²) in [4.78, 5) is 11.3. The molecule has 1 amide bonds. The summed E-state index contributed by atoms with van der Waals surface area (Å²) in [5, 5.41) is 2.55. The summed E-state index contributed by atoms with van der Waals surface area (Å²) >= 11 is 0. The average molecular weight is 179 g/mol. The molecule has 0 fully saturated rings. The van der Waals surface area contributed by atoms with Crippen molar-refractivity contribution in [3.63, 3.8) is 0 Å². The third kappa shape index (κ3) is 1.11. The predicted octanol–water partition coefficient (Wildman–Crippen LogP) is 2.27. The van der Waals surface area contributed by atoms with E-state index in [1.165, 1.54) is 6.07 Å². The van der Waals surface area contributed by atoms with Crippen molar-refractivity contribution >= 4 is 11.6 Å². The summed E-state index contributed by atoms with van der Waals surface area (Å²) in [7, 11) is 0. The molecule has 68 valence electrons. The lowest BCUT2D eigenvalue weighted by Gasteiger charge is -2.03. The van der Waals surface area contributed by atoms with Gasteiger partial charge in [0.15, 0.2) is 0 Å². The number of amides is 1. The molecule has 1 heterocycles. The molecule has 13 heavy (non-hydrogen) atoms. The van der Waals surface area contributed by atoms with Gasteiger partial charge >= 0.3 is 0 Å². The van der Waals surface area contributed by atoms with Gasteiger partial charge in [-0.15, -0.1) is 0 Å². The van der Waals surface area contributed by atoms with Crippen LogP contribution in [0.4, 0.5) is 10.1 Å². The minimum absolute atomic E-state index is 0.0948. The van der Waals surface area contributed by atoms with Gasteiger partial charge in [-0.1, -0.05) is 19.1 Å². The van der Waals surface area contributed by atoms with Crippen molar-refractivity contribution in [1.82, 2.24) is 0 Å². The van der Waals surface area contributed by atoms with Gasteiger partial charge in [-0.05, 0) is 18.1 Å². The summed E-state index contributed by atoms with van der Waals surface area (Å²) in [6.45, 7) is 1.92. The normalized spacial score (nSPS) is 19.8. The van der Waals surface area contributed by atoms with Crippen LogP contribution in [-0.4, -0.2) is 5.91 Å². The molecule has 1 aromatic carbocycles. The number of para-hydroxylation sites is 1. The zero-order chi connectivity index (χ0) is 9.42. The van der Waals surface area contributed by atoms with Crippen molar-refractivity contribution in [2.45, 2.75) is 19.3 Å². The summed E-state index contributed by atoms with van der Waals surface area (Å²) < 4.78 is 13.2. The molecular formula is C10H10FNO. The number of hydrogen-bond acceptors (Lipinski definition) is 1. The molecule has 0 spiro atoms. The molecule has 2 nitrogen and oxygen atoms in total. The number of anilines is 1. The van der Waals surface area contributed by atoms with E-state index in [1.807, 2.05) is 6.92 Å². The molecule has 0 radical (unpaired) electrons. The van der Waals surface area contributed by atoms with Crippen LogP contribution >= 0.6 is 0 Å². The molecule has 0 saturated heterocycles. The predicted molar refractivity (Wildman–Crippen MR) is 48.1 cm³/mol. The zero-order valence-electron chi connectivity index (χ0n) is 7.30. The Labute approximate surface area is 75.8 Å². The molecule has 0 aromatic heterocycles. The lowest BCUT2D eigenvalue weighted by atomic mass is 9.98. The molecule has 1 N–H and O–H groups in total. The highest BCUT2D eigenvalue weighted by Crippen LogP contribution is 2.35. The second-order valence-corrected chi connectivity index (χ2v) is 3.15. The first kappa shape index (κ1) is 8.23. The molecule has 1 atom stereocenters. The van der Waals surface area contributed by atoms with E-state index >= 15 is 0 Å². The first-order valence-electron chi connectivity index (χ1n) is 4.33. The molecule has 0 saturated carbocycles. The lowest BCUT2D eigenvalue weighted by Crippen LogP contribution is -2.10. The fourth-order valence-corrected chi connectivity index (χ4v) is 1.72. The van der Waals surface area contributed by atoms with Gasteiger partial charge in [-0.2, -0.15) is 0 Å². The SMILES string of the molecule is CCC1C(=O)Nc2c(F)cccc21. The number of rotatable bonds is 1. The average Bonchev–Trinajstić information content (AvgIpc) is 2.43. The molecule has 2 rings (SSSR count). The van der Waals surface area contributed by atoms with Crippen LogP contribution in [0.3, 0.4) is 0 Å². The van der Waals surface area contributed by atoms with Gasteiger partial charge in [0.05, 0.1) is 11.6 Å². The number of halogens is 1. The second-order valence-electron chi connectivity index (χ2n) is 3.15. The Morgan fingerprint density at radius 2 is 2.31 bits per heavy atom. The number of carbonyl (C=O) groups is 1. The summed E-state index contributed by atoms with van der Waals surface area (Å²) in [5.74, 6) is -0.616. The number of nitrogens with one attached hydrogen (secondary N) is 1. The van der Waals surface area contributed by atoms with Crippen LogP contribution in [0.1, 0.15) is 24.8 Å². The minimum Gasteiger partial charge on any atom is -0.323 e. The maximum absolute atomic E-state index is 13.2. The zero-order valence-corrected chi connectivity index (χ0v) is 7.30. The fraction of sp³-hybridized carbons (Fsp3) is 0.300. The van der Waals surface area contributed by atoms with E-state index < -0.39 is 0 Å². The quantitative estimate of drug-likeness (QED) is 0.704. The van der Waals surface area contributed by atoms with Gasteiger partial charge in [-0.25, -0.2) is 4.39 Å². The van der Waals surface area contributed by atoms with Gasteiger partial charge in [0.25, 0.3) is 0 Å². The molecule has 1 unspecified atom stereocenters. The second kappa shape index (κ2) is 2.83. The number of carbonyl (C=O) groups excluding carboxylic acids is 1. The fourth-order valence-electron chi connectivity index (χ4n) is 1.72. The molecule has 1 aliphatic rings.